The van der Waals surface area contributed by atoms with E-state index in [-0.39, 0.29) is 0 Å². The van der Waals surface area contributed by atoms with Crippen molar-refractivity contribution in [1.29, 1.82) is 0 Å². The fourth-order valence-corrected chi connectivity index (χ4v) is 3.14. The van der Waals surface area contributed by atoms with Crippen molar-refractivity contribution in [3.05, 3.63) is 51.2 Å². The van der Waals surface area contributed by atoms with Gasteiger partial charge in [-0.1, -0.05) is 18.2 Å². The van der Waals surface area contributed by atoms with Gasteiger partial charge in [0.05, 0.1) is 0 Å². The van der Waals surface area contributed by atoms with Gasteiger partial charge in [0.1, 0.15) is 0 Å². The molecule has 0 aliphatic rings. The first-order valence-corrected chi connectivity index (χ1v) is 7.58. The van der Waals surface area contributed by atoms with Gasteiger partial charge >= 0.3 is 0 Å². The van der Waals surface area contributed by atoms with Gasteiger partial charge in [-0.15, -0.1) is 11.3 Å². The Morgan fingerprint density at radius 3 is 2.68 bits per heavy atom. The molecule has 0 aliphatic heterocycles. The minimum atomic E-state index is 0.909. The molecule has 0 aliphatic carbocycles. The van der Waals surface area contributed by atoms with Gasteiger partial charge in [0.25, 0.3) is 0 Å². The molecule has 2 rings (SSSR count). The average Bonchev–Trinajstić information content (AvgIpc) is 2.70. The molecule has 0 fully saturated rings. The second-order valence-electron chi connectivity index (χ2n) is 4.93. The summed E-state index contributed by atoms with van der Waals surface area (Å²) in [5, 5.41) is 3.50. The molecule has 2 aromatic rings. The van der Waals surface area contributed by atoms with Crippen molar-refractivity contribution in [2.45, 2.75) is 33.2 Å². The van der Waals surface area contributed by atoms with Crippen molar-refractivity contribution in [3.63, 3.8) is 0 Å². The van der Waals surface area contributed by atoms with Crippen LogP contribution in [0.25, 0.3) is 0 Å². The van der Waals surface area contributed by atoms with Gasteiger partial charge in [0.15, 0.2) is 0 Å². The third kappa shape index (κ3) is 4.08. The van der Waals surface area contributed by atoms with Gasteiger partial charge < -0.3 is 11.1 Å². The number of aryl methyl sites for hydroxylation is 3. The minimum Gasteiger partial charge on any atom is -0.399 e. The maximum absolute atomic E-state index is 5.93. The maximum atomic E-state index is 5.93. The minimum absolute atomic E-state index is 0.909. The predicted molar refractivity (Wildman–Crippen MR) is 84.7 cm³/mol. The van der Waals surface area contributed by atoms with Crippen LogP contribution in [0.1, 0.15) is 27.3 Å². The van der Waals surface area contributed by atoms with E-state index in [2.05, 4.69) is 37.4 Å². The molecule has 2 nitrogen and oxygen atoms in total. The molecule has 19 heavy (non-hydrogen) atoms. The highest BCUT2D eigenvalue weighted by atomic mass is 32.1. The molecule has 0 amide bonds. The van der Waals surface area contributed by atoms with Crippen LogP contribution in [0.5, 0.6) is 0 Å². The standard InChI is InChI=1S/C16H22N2S/c1-12-10-15(19-13(12)2)11-18-9-5-7-14-6-3-4-8-16(14)17/h3-4,6,8,10,18H,5,7,9,11,17H2,1-2H3. The summed E-state index contributed by atoms with van der Waals surface area (Å²) in [5.41, 5.74) is 9.49. The molecule has 1 heterocycles. The van der Waals surface area contributed by atoms with Gasteiger partial charge in [-0.05, 0) is 56.5 Å². The molecule has 0 radical (unpaired) electrons. The zero-order valence-corrected chi connectivity index (χ0v) is 12.5. The monoisotopic (exact) mass is 274 g/mol. The van der Waals surface area contributed by atoms with Crippen LogP contribution in [0.3, 0.4) is 0 Å². The van der Waals surface area contributed by atoms with E-state index in [1.54, 1.807) is 0 Å². The Balaban J connectivity index is 1.69. The summed E-state index contributed by atoms with van der Waals surface area (Å²) in [5.74, 6) is 0. The van der Waals surface area contributed by atoms with Crippen LogP contribution >= 0.6 is 11.3 Å². The highest BCUT2D eigenvalue weighted by Gasteiger charge is 2.01. The second-order valence-corrected chi connectivity index (χ2v) is 6.27. The van der Waals surface area contributed by atoms with Crippen molar-refractivity contribution in [2.24, 2.45) is 0 Å². The van der Waals surface area contributed by atoms with E-state index < -0.39 is 0 Å². The lowest BCUT2D eigenvalue weighted by molar-refractivity contribution is 0.654. The van der Waals surface area contributed by atoms with E-state index in [9.17, 15) is 0 Å². The van der Waals surface area contributed by atoms with E-state index >= 15 is 0 Å². The Labute approximate surface area is 119 Å². The van der Waals surface area contributed by atoms with Crippen LogP contribution in [0.2, 0.25) is 0 Å². The van der Waals surface area contributed by atoms with Gasteiger partial charge in [0, 0.05) is 22.0 Å². The summed E-state index contributed by atoms with van der Waals surface area (Å²) in [6.07, 6.45) is 2.17. The molecule has 0 unspecified atom stereocenters. The molecule has 0 saturated heterocycles. The number of hydrogen-bond acceptors (Lipinski definition) is 3. The summed E-state index contributed by atoms with van der Waals surface area (Å²) in [4.78, 5) is 2.85. The van der Waals surface area contributed by atoms with Crippen LogP contribution in [0.15, 0.2) is 30.3 Å². The fourth-order valence-electron chi connectivity index (χ4n) is 2.11. The number of nitrogens with one attached hydrogen (secondary N) is 1. The fraction of sp³-hybridized carbons (Fsp3) is 0.375. The molecule has 0 spiro atoms. The summed E-state index contributed by atoms with van der Waals surface area (Å²) in [7, 11) is 0. The molecule has 102 valence electrons. The Kier molecular flexibility index (Phi) is 5.00. The molecule has 0 bridgehead atoms. The third-order valence-electron chi connectivity index (χ3n) is 3.37. The Morgan fingerprint density at radius 2 is 2.00 bits per heavy atom. The first kappa shape index (κ1) is 14.1. The molecule has 1 aromatic heterocycles. The van der Waals surface area contributed by atoms with Crippen LogP contribution in [-0.4, -0.2) is 6.54 Å². The topological polar surface area (TPSA) is 38.0 Å². The van der Waals surface area contributed by atoms with Crippen molar-refractivity contribution < 1.29 is 0 Å². The lowest BCUT2D eigenvalue weighted by atomic mass is 10.1. The van der Waals surface area contributed by atoms with E-state index in [1.807, 2.05) is 23.5 Å². The van der Waals surface area contributed by atoms with E-state index in [0.717, 1.165) is 31.6 Å². The molecule has 3 N–H and O–H groups in total. The number of thiophene rings is 1. The number of anilines is 1. The van der Waals surface area contributed by atoms with Gasteiger partial charge in [-0.25, -0.2) is 0 Å². The first-order chi connectivity index (χ1) is 9.16. The van der Waals surface area contributed by atoms with E-state index in [4.69, 9.17) is 5.73 Å². The Morgan fingerprint density at radius 1 is 1.21 bits per heavy atom. The van der Waals surface area contributed by atoms with E-state index in [0.29, 0.717) is 0 Å². The molecule has 1 aromatic carbocycles. The van der Waals surface area contributed by atoms with Gasteiger partial charge in [-0.3, -0.25) is 0 Å². The number of rotatable bonds is 6. The summed E-state index contributed by atoms with van der Waals surface area (Å²) >= 11 is 1.89. The maximum Gasteiger partial charge on any atom is 0.0346 e. The summed E-state index contributed by atoms with van der Waals surface area (Å²) < 4.78 is 0. The average molecular weight is 274 g/mol. The van der Waals surface area contributed by atoms with Gasteiger partial charge in [-0.2, -0.15) is 0 Å². The normalized spacial score (nSPS) is 10.8. The molecular formula is C16H22N2S. The lowest BCUT2D eigenvalue weighted by Crippen LogP contribution is -2.14. The van der Waals surface area contributed by atoms with Crippen LogP contribution in [-0.2, 0) is 13.0 Å². The van der Waals surface area contributed by atoms with Crippen molar-refractivity contribution >= 4 is 17.0 Å². The highest BCUT2D eigenvalue weighted by Crippen LogP contribution is 2.20. The Hall–Kier alpha value is -1.32. The molecule has 0 atom stereocenters. The van der Waals surface area contributed by atoms with Crippen LogP contribution < -0.4 is 11.1 Å². The van der Waals surface area contributed by atoms with Crippen LogP contribution in [0.4, 0.5) is 5.69 Å². The molecule has 0 saturated carbocycles. The van der Waals surface area contributed by atoms with Crippen molar-refractivity contribution in [3.8, 4) is 0 Å². The Bertz CT molecular complexity index is 512. The number of para-hydroxylation sites is 1. The number of hydrogen-bond donors (Lipinski definition) is 2. The summed E-state index contributed by atoms with van der Waals surface area (Å²) in [6, 6.07) is 10.4. The lowest BCUT2D eigenvalue weighted by Gasteiger charge is -2.06. The third-order valence-corrected chi connectivity index (χ3v) is 4.52. The van der Waals surface area contributed by atoms with Crippen LogP contribution in [0, 0.1) is 13.8 Å². The van der Waals surface area contributed by atoms with Gasteiger partial charge in [0.2, 0.25) is 0 Å². The molecular weight excluding hydrogens is 252 g/mol. The largest absolute Gasteiger partial charge is 0.399 e. The zero-order chi connectivity index (χ0) is 13.7. The smallest absolute Gasteiger partial charge is 0.0346 e. The number of nitrogen functional groups attached to an aromatic ring is 1. The van der Waals surface area contributed by atoms with Crippen molar-refractivity contribution in [2.75, 3.05) is 12.3 Å². The van der Waals surface area contributed by atoms with Crippen molar-refractivity contribution in [1.82, 2.24) is 5.32 Å². The zero-order valence-electron chi connectivity index (χ0n) is 11.7. The summed E-state index contributed by atoms with van der Waals surface area (Å²) in [6.45, 7) is 6.36. The molecule has 3 heteroatoms. The number of nitrogens with two attached hydrogens (primary N) is 1. The quantitative estimate of drug-likeness (QED) is 0.623. The van der Waals surface area contributed by atoms with E-state index in [1.165, 1.54) is 20.9 Å². The second kappa shape index (κ2) is 6.73. The highest BCUT2D eigenvalue weighted by molar-refractivity contribution is 7.12. The number of benzene rings is 1. The SMILES string of the molecule is Cc1cc(CNCCCc2ccccc2N)sc1C. The predicted octanol–water partition coefficient (Wildman–Crippen LogP) is 3.67. The first-order valence-electron chi connectivity index (χ1n) is 6.77.